The first-order valence-electron chi connectivity index (χ1n) is 6.99. The Morgan fingerprint density at radius 2 is 1.96 bits per heavy atom. The maximum Gasteiger partial charge on any atom is 0.338 e. The van der Waals surface area contributed by atoms with E-state index in [4.69, 9.17) is 4.74 Å². The first-order chi connectivity index (χ1) is 11.2. The Bertz CT molecular complexity index is 841. The van der Waals surface area contributed by atoms with Crippen LogP contribution in [0.1, 0.15) is 32.1 Å². The van der Waals surface area contributed by atoms with Gasteiger partial charge in [-0.25, -0.2) is 4.79 Å². The largest absolute Gasteiger partial charge is 0.454 e. The number of aromatic nitrogens is 1. The van der Waals surface area contributed by atoms with Crippen LogP contribution >= 0.6 is 15.9 Å². The highest BCUT2D eigenvalue weighted by Gasteiger charge is 2.19. The molecule has 0 aliphatic heterocycles. The van der Waals surface area contributed by atoms with Crippen LogP contribution in [0.25, 0.3) is 0 Å². The summed E-state index contributed by atoms with van der Waals surface area (Å²) >= 11 is 3.04. The Kier molecular flexibility index (Phi) is 5.18. The number of benzene rings is 1. The van der Waals surface area contributed by atoms with Gasteiger partial charge in [0.2, 0.25) is 5.78 Å². The molecule has 0 spiro atoms. The van der Waals surface area contributed by atoms with E-state index in [1.165, 1.54) is 12.1 Å². The number of ketones is 1. The van der Waals surface area contributed by atoms with Crippen LogP contribution in [-0.2, 0) is 11.8 Å². The third kappa shape index (κ3) is 3.53. The Morgan fingerprint density at radius 1 is 1.29 bits per heavy atom. The van der Waals surface area contributed by atoms with E-state index in [9.17, 15) is 19.7 Å². The molecule has 126 valence electrons. The summed E-state index contributed by atoms with van der Waals surface area (Å²) in [6.07, 6.45) is 0. The van der Waals surface area contributed by atoms with Crippen molar-refractivity contribution in [1.29, 1.82) is 0 Å². The maximum atomic E-state index is 12.2. The van der Waals surface area contributed by atoms with Gasteiger partial charge in [0.1, 0.15) is 0 Å². The van der Waals surface area contributed by atoms with Gasteiger partial charge in [-0.2, -0.15) is 0 Å². The maximum absolute atomic E-state index is 12.2. The predicted molar refractivity (Wildman–Crippen MR) is 90.3 cm³/mol. The molecule has 1 heterocycles. The number of aryl methyl sites for hydroxylation is 1. The fourth-order valence-electron chi connectivity index (χ4n) is 2.21. The molecule has 0 saturated carbocycles. The van der Waals surface area contributed by atoms with Crippen molar-refractivity contribution in [2.75, 3.05) is 6.61 Å². The van der Waals surface area contributed by atoms with E-state index in [0.29, 0.717) is 5.56 Å². The number of Topliss-reactive ketones (excluding diaryl/α,β-unsaturated/α-hetero) is 1. The summed E-state index contributed by atoms with van der Waals surface area (Å²) < 4.78 is 7.12. The average Bonchev–Trinajstić information content (AvgIpc) is 2.80. The molecule has 0 bridgehead atoms. The van der Waals surface area contributed by atoms with Crippen LogP contribution in [0.15, 0.2) is 28.7 Å². The molecule has 2 aromatic rings. The van der Waals surface area contributed by atoms with Gasteiger partial charge in [0.15, 0.2) is 6.61 Å². The van der Waals surface area contributed by atoms with Gasteiger partial charge in [0.05, 0.1) is 15.0 Å². The van der Waals surface area contributed by atoms with Crippen molar-refractivity contribution in [1.82, 2.24) is 4.57 Å². The van der Waals surface area contributed by atoms with Crippen molar-refractivity contribution < 1.29 is 19.2 Å². The Labute approximate surface area is 146 Å². The number of ether oxygens (including phenoxy) is 1. The average molecular weight is 395 g/mol. The molecule has 0 atom stereocenters. The smallest absolute Gasteiger partial charge is 0.338 e. The first kappa shape index (κ1) is 17.9. The minimum absolute atomic E-state index is 0.0127. The highest BCUT2D eigenvalue weighted by Crippen LogP contribution is 2.26. The van der Waals surface area contributed by atoms with Crippen LogP contribution in [-0.4, -0.2) is 27.8 Å². The lowest BCUT2D eigenvalue weighted by molar-refractivity contribution is -0.385. The second-order valence-corrected chi connectivity index (χ2v) is 6.12. The van der Waals surface area contributed by atoms with E-state index in [2.05, 4.69) is 15.9 Å². The van der Waals surface area contributed by atoms with Crippen molar-refractivity contribution in [3.63, 3.8) is 0 Å². The summed E-state index contributed by atoms with van der Waals surface area (Å²) in [5, 5.41) is 10.9. The molecule has 1 aromatic heterocycles. The molecule has 2 rings (SSSR count). The van der Waals surface area contributed by atoms with Crippen molar-refractivity contribution in [2.45, 2.75) is 13.8 Å². The molecule has 0 radical (unpaired) electrons. The topological polar surface area (TPSA) is 91.4 Å². The van der Waals surface area contributed by atoms with E-state index in [-0.39, 0.29) is 21.5 Å². The van der Waals surface area contributed by atoms with E-state index in [1.807, 2.05) is 18.5 Å². The van der Waals surface area contributed by atoms with Crippen molar-refractivity contribution in [2.24, 2.45) is 7.05 Å². The molecular formula is C16H15BrN2O5. The molecule has 0 aliphatic carbocycles. The van der Waals surface area contributed by atoms with Crippen molar-refractivity contribution in [3.05, 3.63) is 61.4 Å². The molecule has 7 nitrogen and oxygen atoms in total. The molecule has 0 aliphatic rings. The fourth-order valence-corrected chi connectivity index (χ4v) is 2.60. The lowest BCUT2D eigenvalue weighted by Crippen LogP contribution is -2.15. The summed E-state index contributed by atoms with van der Waals surface area (Å²) in [6.45, 7) is 3.25. The predicted octanol–water partition coefficient (Wildman–Crippen LogP) is 3.35. The highest BCUT2D eigenvalue weighted by molar-refractivity contribution is 9.10. The summed E-state index contributed by atoms with van der Waals surface area (Å²) in [4.78, 5) is 34.5. The van der Waals surface area contributed by atoms with Gasteiger partial charge in [-0.05, 0) is 48.0 Å². The minimum atomic E-state index is -0.788. The number of esters is 1. The van der Waals surface area contributed by atoms with E-state index in [0.717, 1.165) is 17.5 Å². The first-order valence-corrected chi connectivity index (χ1v) is 7.79. The number of hydrogen-bond donors (Lipinski definition) is 0. The van der Waals surface area contributed by atoms with E-state index in [1.54, 1.807) is 13.0 Å². The summed E-state index contributed by atoms with van der Waals surface area (Å²) in [7, 11) is 1.84. The number of rotatable bonds is 5. The summed E-state index contributed by atoms with van der Waals surface area (Å²) in [6, 6.07) is 5.62. The van der Waals surface area contributed by atoms with Crippen molar-refractivity contribution in [3.8, 4) is 0 Å². The number of nitro benzene ring substituents is 1. The number of carbonyl (C=O) groups excluding carboxylic acids is 2. The Morgan fingerprint density at radius 3 is 2.50 bits per heavy atom. The quantitative estimate of drug-likeness (QED) is 0.335. The number of nitrogens with zero attached hydrogens (tertiary/aromatic N) is 2. The lowest BCUT2D eigenvalue weighted by Gasteiger charge is -2.05. The fraction of sp³-hybridized carbons (Fsp3) is 0.250. The SMILES string of the molecule is Cc1cc(C(=O)COC(=O)c2ccc(Br)c([N+](=O)[O-])c2)c(C)n1C. The van der Waals surface area contributed by atoms with Crippen LogP contribution < -0.4 is 0 Å². The van der Waals surface area contributed by atoms with E-state index >= 15 is 0 Å². The van der Waals surface area contributed by atoms with Gasteiger partial charge in [0.25, 0.3) is 5.69 Å². The van der Waals surface area contributed by atoms with Crippen LogP contribution in [0.4, 0.5) is 5.69 Å². The number of nitro groups is 1. The monoisotopic (exact) mass is 394 g/mol. The number of hydrogen-bond acceptors (Lipinski definition) is 5. The van der Waals surface area contributed by atoms with Crippen LogP contribution in [0.3, 0.4) is 0 Å². The van der Waals surface area contributed by atoms with Crippen molar-refractivity contribution >= 4 is 33.4 Å². The third-order valence-corrected chi connectivity index (χ3v) is 4.46. The molecule has 0 unspecified atom stereocenters. The summed E-state index contributed by atoms with van der Waals surface area (Å²) in [5.41, 5.74) is 1.96. The normalized spacial score (nSPS) is 10.5. The zero-order valence-corrected chi connectivity index (χ0v) is 14.9. The molecule has 0 saturated heterocycles. The molecule has 24 heavy (non-hydrogen) atoms. The van der Waals surface area contributed by atoms with Crippen LogP contribution in [0, 0.1) is 24.0 Å². The zero-order chi connectivity index (χ0) is 18.0. The molecule has 1 aromatic carbocycles. The third-order valence-electron chi connectivity index (χ3n) is 3.79. The standard InChI is InChI=1S/C16H15BrN2O5/c1-9-6-12(10(2)18(9)3)15(20)8-24-16(21)11-4-5-13(17)14(7-11)19(22)23/h4-7H,8H2,1-3H3. The van der Waals surface area contributed by atoms with Gasteiger partial charge in [-0.1, -0.05) is 0 Å². The zero-order valence-electron chi connectivity index (χ0n) is 13.3. The highest BCUT2D eigenvalue weighted by atomic mass is 79.9. The molecule has 0 fully saturated rings. The molecule has 0 N–H and O–H groups in total. The minimum Gasteiger partial charge on any atom is -0.454 e. The van der Waals surface area contributed by atoms with E-state index < -0.39 is 17.5 Å². The van der Waals surface area contributed by atoms with Crippen LogP contribution in [0.5, 0.6) is 0 Å². The Hall–Kier alpha value is -2.48. The molecule has 8 heteroatoms. The van der Waals surface area contributed by atoms with Gasteiger partial charge in [-0.3, -0.25) is 14.9 Å². The number of halogens is 1. The Balaban J connectivity index is 2.10. The molecule has 0 amide bonds. The van der Waals surface area contributed by atoms with Gasteiger partial charge < -0.3 is 9.30 Å². The van der Waals surface area contributed by atoms with Gasteiger partial charge in [0, 0.05) is 30.1 Å². The van der Waals surface area contributed by atoms with Gasteiger partial charge >= 0.3 is 5.97 Å². The van der Waals surface area contributed by atoms with Gasteiger partial charge in [-0.15, -0.1) is 0 Å². The molecular weight excluding hydrogens is 380 g/mol. The van der Waals surface area contributed by atoms with Crippen LogP contribution in [0.2, 0.25) is 0 Å². The summed E-state index contributed by atoms with van der Waals surface area (Å²) in [5.74, 6) is -1.11. The second-order valence-electron chi connectivity index (χ2n) is 5.27. The lowest BCUT2D eigenvalue weighted by atomic mass is 10.1. The number of carbonyl (C=O) groups is 2. The second kappa shape index (κ2) is 6.96.